The highest BCUT2D eigenvalue weighted by molar-refractivity contribution is 9.10. The van der Waals surface area contributed by atoms with Gasteiger partial charge in [0, 0.05) is 6.04 Å². The summed E-state index contributed by atoms with van der Waals surface area (Å²) >= 11 is 3.52. The fourth-order valence-corrected chi connectivity index (χ4v) is 3.61. The van der Waals surface area contributed by atoms with Crippen LogP contribution in [0.4, 0.5) is 0 Å². The van der Waals surface area contributed by atoms with Crippen molar-refractivity contribution >= 4 is 15.9 Å². The van der Waals surface area contributed by atoms with Crippen molar-refractivity contribution in [1.29, 1.82) is 0 Å². The van der Waals surface area contributed by atoms with Crippen molar-refractivity contribution in [3.05, 3.63) is 28.0 Å². The van der Waals surface area contributed by atoms with Crippen LogP contribution in [0.5, 0.6) is 0 Å². The third-order valence-corrected chi connectivity index (χ3v) is 4.44. The molecule has 1 aliphatic carbocycles. The first kappa shape index (κ1) is 14.8. The molecule has 0 aromatic carbocycles. The van der Waals surface area contributed by atoms with Crippen LogP contribution in [0.1, 0.15) is 58.4 Å². The van der Waals surface area contributed by atoms with Crippen LogP contribution >= 0.6 is 15.9 Å². The zero-order valence-corrected chi connectivity index (χ0v) is 13.7. The summed E-state index contributed by atoms with van der Waals surface area (Å²) in [5.41, 5.74) is 2.30. The molecule has 2 rings (SSSR count). The van der Waals surface area contributed by atoms with Crippen molar-refractivity contribution in [1.82, 2.24) is 9.78 Å². The van der Waals surface area contributed by atoms with Gasteiger partial charge in [0.05, 0.1) is 22.5 Å². The smallest absolute Gasteiger partial charge is 0.0999 e. The molecule has 1 aromatic heterocycles. The van der Waals surface area contributed by atoms with Crippen molar-refractivity contribution in [3.8, 4) is 0 Å². The Balaban J connectivity index is 2.27. The highest BCUT2D eigenvalue weighted by Gasteiger charge is 2.30. The van der Waals surface area contributed by atoms with Gasteiger partial charge in [0.15, 0.2) is 0 Å². The van der Waals surface area contributed by atoms with E-state index >= 15 is 0 Å². The maximum Gasteiger partial charge on any atom is 0.0999 e. The summed E-state index contributed by atoms with van der Waals surface area (Å²) in [5.74, 6) is 0.827. The first-order valence-corrected chi connectivity index (χ1v) is 7.77. The fraction of sp³-hybridized carbons (Fsp3) is 0.667. The van der Waals surface area contributed by atoms with Crippen molar-refractivity contribution in [2.75, 3.05) is 0 Å². The number of nitrogens with zero attached hydrogens (tertiary/aromatic N) is 2. The molecule has 1 aromatic rings. The van der Waals surface area contributed by atoms with Gasteiger partial charge < -0.3 is 5.11 Å². The predicted molar refractivity (Wildman–Crippen MR) is 80.9 cm³/mol. The van der Waals surface area contributed by atoms with Gasteiger partial charge in [-0.3, -0.25) is 4.68 Å². The van der Waals surface area contributed by atoms with Crippen molar-refractivity contribution in [2.45, 2.75) is 52.7 Å². The molecule has 0 saturated carbocycles. The lowest BCUT2D eigenvalue weighted by Gasteiger charge is -2.30. The Morgan fingerprint density at radius 2 is 2.16 bits per heavy atom. The van der Waals surface area contributed by atoms with E-state index in [1.807, 2.05) is 4.68 Å². The van der Waals surface area contributed by atoms with E-state index in [1.54, 1.807) is 6.20 Å². The van der Waals surface area contributed by atoms with Crippen LogP contribution in [0.25, 0.3) is 0 Å². The highest BCUT2D eigenvalue weighted by atomic mass is 79.9. The first-order valence-electron chi connectivity index (χ1n) is 6.98. The van der Waals surface area contributed by atoms with E-state index in [1.165, 1.54) is 5.57 Å². The number of rotatable bonds is 3. The lowest BCUT2D eigenvalue weighted by atomic mass is 9.80. The second kappa shape index (κ2) is 5.80. The minimum atomic E-state index is -0.453. The van der Waals surface area contributed by atoms with Gasteiger partial charge in [-0.05, 0) is 61.4 Å². The van der Waals surface area contributed by atoms with Gasteiger partial charge in [0.25, 0.3) is 0 Å². The van der Waals surface area contributed by atoms with E-state index in [9.17, 15) is 5.11 Å². The van der Waals surface area contributed by atoms with E-state index in [2.05, 4.69) is 54.8 Å². The Kier molecular flexibility index (Phi) is 4.51. The summed E-state index contributed by atoms with van der Waals surface area (Å²) in [5, 5.41) is 15.1. The average Bonchev–Trinajstić information content (AvgIpc) is 2.69. The number of aromatic nitrogens is 2. The molecule has 19 heavy (non-hydrogen) atoms. The third kappa shape index (κ3) is 3.11. The van der Waals surface area contributed by atoms with Gasteiger partial charge >= 0.3 is 0 Å². The Morgan fingerprint density at radius 1 is 1.47 bits per heavy atom. The number of aliphatic hydroxyl groups is 1. The van der Waals surface area contributed by atoms with E-state index in [0.29, 0.717) is 5.92 Å². The number of hydrogen-bond acceptors (Lipinski definition) is 2. The summed E-state index contributed by atoms with van der Waals surface area (Å²) in [4.78, 5) is 0. The topological polar surface area (TPSA) is 38.1 Å². The first-order chi connectivity index (χ1) is 8.90. The van der Waals surface area contributed by atoms with Gasteiger partial charge in [-0.25, -0.2) is 0 Å². The molecule has 3 nitrogen and oxygen atoms in total. The van der Waals surface area contributed by atoms with Gasteiger partial charge in [-0.1, -0.05) is 18.6 Å². The Hall–Kier alpha value is -0.610. The molecule has 1 N–H and O–H groups in total. The van der Waals surface area contributed by atoms with Crippen LogP contribution in [0.2, 0.25) is 0 Å². The molecule has 0 fully saturated rings. The Bertz CT molecular complexity index is 478. The number of aliphatic hydroxyl groups excluding tert-OH is 1. The van der Waals surface area contributed by atoms with Crippen LogP contribution in [0, 0.1) is 11.8 Å². The Labute approximate surface area is 123 Å². The van der Waals surface area contributed by atoms with E-state index in [-0.39, 0.29) is 12.0 Å². The van der Waals surface area contributed by atoms with Crippen LogP contribution in [0.3, 0.4) is 0 Å². The van der Waals surface area contributed by atoms with Crippen molar-refractivity contribution in [3.63, 3.8) is 0 Å². The fourth-order valence-electron chi connectivity index (χ4n) is 3.10. The summed E-state index contributed by atoms with van der Waals surface area (Å²) < 4.78 is 2.83. The van der Waals surface area contributed by atoms with Crippen LogP contribution in [-0.2, 0) is 0 Å². The van der Waals surface area contributed by atoms with Crippen molar-refractivity contribution in [2.24, 2.45) is 11.8 Å². The molecule has 0 radical (unpaired) electrons. The minimum absolute atomic E-state index is 0.258. The van der Waals surface area contributed by atoms with E-state index < -0.39 is 6.10 Å². The van der Waals surface area contributed by atoms with E-state index in [4.69, 9.17) is 0 Å². The predicted octanol–water partition coefficient (Wildman–Crippen LogP) is 4.25. The molecule has 106 valence electrons. The quantitative estimate of drug-likeness (QED) is 0.843. The second-order valence-corrected chi connectivity index (χ2v) is 6.91. The summed E-state index contributed by atoms with van der Waals surface area (Å²) in [6.45, 7) is 8.55. The molecule has 0 bridgehead atoms. The maximum atomic E-state index is 10.8. The third-order valence-electron chi connectivity index (χ3n) is 3.83. The van der Waals surface area contributed by atoms with Crippen molar-refractivity contribution < 1.29 is 5.11 Å². The summed E-state index contributed by atoms with van der Waals surface area (Å²) in [7, 11) is 0. The van der Waals surface area contributed by atoms with Gasteiger partial charge in [0.2, 0.25) is 0 Å². The van der Waals surface area contributed by atoms with E-state index in [0.717, 1.165) is 23.0 Å². The Morgan fingerprint density at radius 3 is 2.74 bits per heavy atom. The second-order valence-electron chi connectivity index (χ2n) is 6.05. The maximum absolute atomic E-state index is 10.8. The molecule has 1 heterocycles. The van der Waals surface area contributed by atoms with Crippen LogP contribution in [-0.4, -0.2) is 14.9 Å². The monoisotopic (exact) mass is 326 g/mol. The normalized spacial score (nSPS) is 25.5. The average molecular weight is 327 g/mol. The zero-order chi connectivity index (χ0) is 14.2. The molecule has 0 aliphatic heterocycles. The molecule has 0 spiro atoms. The van der Waals surface area contributed by atoms with Crippen LogP contribution < -0.4 is 0 Å². The minimum Gasteiger partial charge on any atom is -0.386 e. The number of halogens is 1. The zero-order valence-electron chi connectivity index (χ0n) is 12.1. The lowest BCUT2D eigenvalue weighted by molar-refractivity contribution is 0.0829. The number of hydrogen-bond donors (Lipinski definition) is 1. The molecule has 3 atom stereocenters. The van der Waals surface area contributed by atoms with Gasteiger partial charge in [-0.2, -0.15) is 5.10 Å². The molecule has 3 unspecified atom stereocenters. The molecular formula is C15H23BrN2O. The molecule has 0 amide bonds. The lowest BCUT2D eigenvalue weighted by Crippen LogP contribution is -2.22. The summed E-state index contributed by atoms with van der Waals surface area (Å²) in [6.07, 6.45) is 5.66. The highest BCUT2D eigenvalue weighted by Crippen LogP contribution is 2.39. The molecule has 4 heteroatoms. The van der Waals surface area contributed by atoms with Gasteiger partial charge in [0.1, 0.15) is 0 Å². The van der Waals surface area contributed by atoms with Gasteiger partial charge in [-0.15, -0.1) is 0 Å². The molecular weight excluding hydrogens is 304 g/mol. The number of allylic oxidation sites excluding steroid dienone is 2. The largest absolute Gasteiger partial charge is 0.386 e. The molecule has 1 aliphatic rings. The SMILES string of the molecule is CC1=CC(C)CC(C(O)c2c(Br)cnn2C(C)C)C1. The van der Waals surface area contributed by atoms with Crippen LogP contribution in [0.15, 0.2) is 22.3 Å². The summed E-state index contributed by atoms with van der Waals surface area (Å²) in [6, 6.07) is 0.258. The standard InChI is InChI=1S/C15H23BrN2O/c1-9(2)18-14(13(16)8-17-18)15(19)12-6-10(3)5-11(4)7-12/h5,8-10,12,15,19H,6-7H2,1-4H3. The molecule has 0 saturated heterocycles.